The molecule has 0 aliphatic carbocycles. The van der Waals surface area contributed by atoms with Crippen LogP contribution in [0.4, 0.5) is 17.1 Å². The van der Waals surface area contributed by atoms with Gasteiger partial charge in [0.2, 0.25) is 0 Å². The van der Waals surface area contributed by atoms with Crippen LogP contribution in [0.15, 0.2) is 194 Å². The molecule has 0 unspecified atom stereocenters. The van der Waals surface area contributed by atoms with E-state index in [1.54, 1.807) is 0 Å². The number of aryl methyl sites for hydroxylation is 3. The van der Waals surface area contributed by atoms with E-state index < -0.39 is 0 Å². The minimum absolute atomic E-state index is 1.03. The molecule has 8 aromatic carbocycles. The van der Waals surface area contributed by atoms with Gasteiger partial charge < -0.3 is 4.90 Å². The Labute approximate surface area is 284 Å². The molecule has 8 rings (SSSR count). The molecular weight excluding hydrogens is 579 g/mol. The molecule has 0 spiro atoms. The van der Waals surface area contributed by atoms with Crippen LogP contribution in [0.25, 0.3) is 32.7 Å². The standard InChI is InChI=1S/C40H31N.C7H8/c1-2-15-36(16-3-1)41(40-19-9-14-34-11-5-7-18-39(34)40)37-28-26-32(27-29-37)31-23-20-30(21-24-31)22-25-35-13-8-12-33-10-4-6-17-38(33)35;1-7-5-3-2-4-6-7/h1-21,23-24,26-29H,22,25H2;2-6H,1H3. The van der Waals surface area contributed by atoms with Crippen molar-refractivity contribution in [2.75, 3.05) is 4.90 Å². The van der Waals surface area contributed by atoms with Crippen molar-refractivity contribution in [1.29, 1.82) is 0 Å². The van der Waals surface area contributed by atoms with Gasteiger partial charge in [0.25, 0.3) is 0 Å². The molecule has 0 amide bonds. The van der Waals surface area contributed by atoms with Gasteiger partial charge in [0.15, 0.2) is 0 Å². The third-order valence-corrected chi connectivity index (χ3v) is 8.94. The van der Waals surface area contributed by atoms with Gasteiger partial charge in [-0.1, -0.05) is 169 Å². The smallest absolute Gasteiger partial charge is 0.0540 e. The zero-order valence-corrected chi connectivity index (χ0v) is 27.3. The van der Waals surface area contributed by atoms with Crippen molar-refractivity contribution < 1.29 is 0 Å². The van der Waals surface area contributed by atoms with Gasteiger partial charge in [-0.3, -0.25) is 0 Å². The van der Waals surface area contributed by atoms with Crippen LogP contribution in [0.5, 0.6) is 0 Å². The summed E-state index contributed by atoms with van der Waals surface area (Å²) in [5.74, 6) is 0. The summed E-state index contributed by atoms with van der Waals surface area (Å²) < 4.78 is 0. The van der Waals surface area contributed by atoms with E-state index in [1.165, 1.54) is 55.0 Å². The molecule has 0 heterocycles. The van der Waals surface area contributed by atoms with Gasteiger partial charge in [-0.15, -0.1) is 0 Å². The Balaban J connectivity index is 0.000000465. The predicted octanol–water partition coefficient (Wildman–Crippen LogP) is 12.9. The van der Waals surface area contributed by atoms with Gasteiger partial charge in [-0.2, -0.15) is 0 Å². The molecule has 48 heavy (non-hydrogen) atoms. The highest BCUT2D eigenvalue weighted by Crippen LogP contribution is 2.39. The number of anilines is 3. The lowest BCUT2D eigenvalue weighted by molar-refractivity contribution is 0.969. The summed E-state index contributed by atoms with van der Waals surface area (Å²) in [7, 11) is 0. The highest BCUT2D eigenvalue weighted by atomic mass is 15.1. The van der Waals surface area contributed by atoms with E-state index in [9.17, 15) is 0 Å². The average Bonchev–Trinajstić information content (AvgIpc) is 3.16. The third kappa shape index (κ3) is 7.07. The summed E-state index contributed by atoms with van der Waals surface area (Å²) >= 11 is 0. The molecule has 232 valence electrons. The Bertz CT molecular complexity index is 2210. The second kappa shape index (κ2) is 14.7. The lowest BCUT2D eigenvalue weighted by Crippen LogP contribution is -2.10. The molecule has 1 nitrogen and oxygen atoms in total. The van der Waals surface area contributed by atoms with Crippen LogP contribution >= 0.6 is 0 Å². The summed E-state index contributed by atoms with van der Waals surface area (Å²) in [6.45, 7) is 2.08. The van der Waals surface area contributed by atoms with Crippen LogP contribution in [0.2, 0.25) is 0 Å². The molecule has 1 heteroatoms. The van der Waals surface area contributed by atoms with Crippen LogP contribution in [0, 0.1) is 6.92 Å². The molecule has 0 aliphatic rings. The second-order valence-electron chi connectivity index (χ2n) is 12.2. The predicted molar refractivity (Wildman–Crippen MR) is 207 cm³/mol. The average molecular weight is 618 g/mol. The summed E-state index contributed by atoms with van der Waals surface area (Å²) in [4.78, 5) is 2.35. The monoisotopic (exact) mass is 617 g/mol. The van der Waals surface area contributed by atoms with E-state index in [4.69, 9.17) is 0 Å². The fraction of sp³-hybridized carbons (Fsp3) is 0.0638. The maximum absolute atomic E-state index is 2.35. The maximum atomic E-state index is 2.35. The van der Waals surface area contributed by atoms with Crippen molar-refractivity contribution in [2.45, 2.75) is 19.8 Å². The van der Waals surface area contributed by atoms with Crippen LogP contribution in [-0.4, -0.2) is 0 Å². The van der Waals surface area contributed by atoms with E-state index in [-0.39, 0.29) is 0 Å². The van der Waals surface area contributed by atoms with Gasteiger partial charge in [-0.25, -0.2) is 0 Å². The van der Waals surface area contributed by atoms with Gasteiger partial charge in [0.1, 0.15) is 0 Å². The van der Waals surface area contributed by atoms with Crippen molar-refractivity contribution in [3.8, 4) is 11.1 Å². The number of fused-ring (bicyclic) bond motifs is 2. The van der Waals surface area contributed by atoms with Crippen molar-refractivity contribution in [1.82, 2.24) is 0 Å². The minimum atomic E-state index is 1.03. The quantitative estimate of drug-likeness (QED) is 0.172. The van der Waals surface area contributed by atoms with E-state index in [0.29, 0.717) is 0 Å². The molecule has 0 saturated carbocycles. The SMILES string of the molecule is Cc1ccccc1.c1ccc(N(c2ccc(-c3ccc(CCc4cccc5ccccc45)cc3)cc2)c2cccc3ccccc23)cc1. The first-order chi connectivity index (χ1) is 23.7. The largest absolute Gasteiger partial charge is 0.310 e. The van der Waals surface area contributed by atoms with Crippen molar-refractivity contribution >= 4 is 38.6 Å². The van der Waals surface area contributed by atoms with Gasteiger partial charge in [0.05, 0.1) is 5.69 Å². The summed E-state index contributed by atoms with van der Waals surface area (Å²) in [6.07, 6.45) is 2.07. The van der Waals surface area contributed by atoms with E-state index in [1.807, 2.05) is 18.2 Å². The summed E-state index contributed by atoms with van der Waals surface area (Å²) in [6, 6.07) is 69.3. The maximum Gasteiger partial charge on any atom is 0.0540 e. The first-order valence-corrected chi connectivity index (χ1v) is 16.7. The number of rotatable bonds is 7. The second-order valence-corrected chi connectivity index (χ2v) is 12.2. The lowest BCUT2D eigenvalue weighted by atomic mass is 9.97. The molecule has 0 fully saturated rings. The summed E-state index contributed by atoms with van der Waals surface area (Å²) in [5, 5.41) is 5.15. The molecule has 0 aromatic heterocycles. The molecule has 0 saturated heterocycles. The van der Waals surface area contributed by atoms with E-state index in [2.05, 4.69) is 188 Å². The Morgan fingerprint density at radius 3 is 1.52 bits per heavy atom. The number of hydrogen-bond donors (Lipinski definition) is 0. The Kier molecular flexibility index (Phi) is 9.39. The zero-order valence-electron chi connectivity index (χ0n) is 27.3. The van der Waals surface area contributed by atoms with Crippen LogP contribution in [0.3, 0.4) is 0 Å². The molecular formula is C47H39N. The van der Waals surface area contributed by atoms with Crippen molar-refractivity contribution in [3.05, 3.63) is 211 Å². The minimum Gasteiger partial charge on any atom is -0.310 e. The van der Waals surface area contributed by atoms with Crippen molar-refractivity contribution in [2.24, 2.45) is 0 Å². The third-order valence-electron chi connectivity index (χ3n) is 8.94. The lowest BCUT2D eigenvalue weighted by Gasteiger charge is -2.27. The Morgan fingerprint density at radius 2 is 0.875 bits per heavy atom. The van der Waals surface area contributed by atoms with E-state index in [0.717, 1.165) is 24.2 Å². The fourth-order valence-electron chi connectivity index (χ4n) is 6.40. The fourth-order valence-corrected chi connectivity index (χ4v) is 6.40. The molecule has 8 aromatic rings. The normalized spacial score (nSPS) is 10.8. The molecule has 0 radical (unpaired) electrons. The van der Waals surface area contributed by atoms with Gasteiger partial charge in [-0.05, 0) is 88.5 Å². The number of nitrogens with zero attached hydrogens (tertiary/aromatic N) is 1. The number of para-hydroxylation sites is 1. The Hall–Kier alpha value is -5.92. The first-order valence-electron chi connectivity index (χ1n) is 16.7. The van der Waals surface area contributed by atoms with E-state index >= 15 is 0 Å². The van der Waals surface area contributed by atoms with Gasteiger partial charge in [0, 0.05) is 16.8 Å². The van der Waals surface area contributed by atoms with Crippen LogP contribution in [-0.2, 0) is 12.8 Å². The number of hydrogen-bond acceptors (Lipinski definition) is 1. The summed E-state index contributed by atoms with van der Waals surface area (Å²) in [5.41, 5.74) is 10.0. The topological polar surface area (TPSA) is 3.24 Å². The first kappa shape index (κ1) is 30.7. The van der Waals surface area contributed by atoms with Crippen LogP contribution < -0.4 is 4.90 Å². The van der Waals surface area contributed by atoms with Crippen LogP contribution in [0.1, 0.15) is 16.7 Å². The van der Waals surface area contributed by atoms with Gasteiger partial charge >= 0.3 is 0 Å². The Morgan fingerprint density at radius 1 is 0.375 bits per heavy atom. The molecule has 0 N–H and O–H groups in total. The molecule has 0 aliphatic heterocycles. The number of benzene rings is 8. The zero-order chi connectivity index (χ0) is 32.5. The molecule has 0 bridgehead atoms. The highest BCUT2D eigenvalue weighted by Gasteiger charge is 2.15. The molecule has 0 atom stereocenters. The van der Waals surface area contributed by atoms with Crippen molar-refractivity contribution in [3.63, 3.8) is 0 Å². The highest BCUT2D eigenvalue weighted by molar-refractivity contribution is 5.99.